The minimum Gasteiger partial charge on any atom is -0.387 e. The Labute approximate surface area is 143 Å². The minimum absolute atomic E-state index is 0.138. The van der Waals surface area contributed by atoms with Crippen LogP contribution in [0.2, 0.25) is 0 Å². The molecule has 0 saturated carbocycles. The number of imide groups is 1. The second-order valence-electron chi connectivity index (χ2n) is 4.56. The van der Waals surface area contributed by atoms with Crippen molar-refractivity contribution in [2.45, 2.75) is 27.2 Å². The van der Waals surface area contributed by atoms with Crippen LogP contribution in [0, 0.1) is 0 Å². The third-order valence-electron chi connectivity index (χ3n) is 3.12. The summed E-state index contributed by atoms with van der Waals surface area (Å²) in [4.78, 5) is 36.4. The second kappa shape index (κ2) is 11.9. The minimum atomic E-state index is -0.421. The van der Waals surface area contributed by atoms with Gasteiger partial charge in [-0.3, -0.25) is 14.5 Å². The maximum Gasteiger partial charge on any atom is 0.324 e. The first-order valence-corrected chi connectivity index (χ1v) is 8.08. The van der Waals surface area contributed by atoms with Crippen LogP contribution in [0.25, 0.3) is 0 Å². The van der Waals surface area contributed by atoms with E-state index in [1.165, 1.54) is 6.08 Å². The summed E-state index contributed by atoms with van der Waals surface area (Å²) in [6.07, 6.45) is 5.31. The first-order chi connectivity index (χ1) is 11.5. The Kier molecular flexibility index (Phi) is 10.6. The number of hydrogen-bond acceptors (Lipinski definition) is 4. The third-order valence-corrected chi connectivity index (χ3v) is 3.12. The van der Waals surface area contributed by atoms with Crippen molar-refractivity contribution in [1.29, 1.82) is 0 Å². The van der Waals surface area contributed by atoms with Crippen molar-refractivity contribution in [3.63, 3.8) is 0 Å². The molecule has 0 spiro atoms. The van der Waals surface area contributed by atoms with E-state index in [0.29, 0.717) is 17.8 Å². The van der Waals surface area contributed by atoms with E-state index in [-0.39, 0.29) is 31.3 Å². The number of amides is 4. The SMILES string of the molecule is C=C/C(C(=O)NCCN1C(=O)CCNC1=O)=C(\C=C/C)NC.CC. The molecule has 0 radical (unpaired) electrons. The molecule has 0 aromatic carbocycles. The van der Waals surface area contributed by atoms with Gasteiger partial charge < -0.3 is 16.0 Å². The molecule has 1 aliphatic rings. The predicted molar refractivity (Wildman–Crippen MR) is 95.2 cm³/mol. The smallest absolute Gasteiger partial charge is 0.324 e. The Morgan fingerprint density at radius 2 is 2.04 bits per heavy atom. The Bertz CT molecular complexity index is 508. The average Bonchev–Trinajstić information content (AvgIpc) is 2.59. The van der Waals surface area contributed by atoms with Crippen molar-refractivity contribution in [1.82, 2.24) is 20.9 Å². The molecule has 0 aromatic rings. The highest BCUT2D eigenvalue weighted by molar-refractivity contribution is 5.98. The second-order valence-corrected chi connectivity index (χ2v) is 4.56. The lowest BCUT2D eigenvalue weighted by Gasteiger charge is -2.25. The molecule has 134 valence electrons. The normalized spacial score (nSPS) is 15.1. The molecule has 1 heterocycles. The zero-order valence-electron chi connectivity index (χ0n) is 14.9. The summed E-state index contributed by atoms with van der Waals surface area (Å²) in [7, 11) is 1.71. The monoisotopic (exact) mass is 336 g/mol. The fraction of sp³-hybridized carbons (Fsp3) is 0.471. The molecule has 1 aliphatic heterocycles. The van der Waals surface area contributed by atoms with E-state index in [4.69, 9.17) is 0 Å². The molecule has 3 N–H and O–H groups in total. The molecule has 1 rings (SSSR count). The molecular weight excluding hydrogens is 308 g/mol. The van der Waals surface area contributed by atoms with E-state index in [2.05, 4.69) is 22.5 Å². The van der Waals surface area contributed by atoms with E-state index in [0.717, 1.165) is 4.90 Å². The van der Waals surface area contributed by atoms with Crippen LogP contribution < -0.4 is 16.0 Å². The Hall–Kier alpha value is -2.57. The predicted octanol–water partition coefficient (Wildman–Crippen LogP) is 1.31. The van der Waals surface area contributed by atoms with Crippen LogP contribution in [-0.2, 0) is 9.59 Å². The summed E-state index contributed by atoms with van der Waals surface area (Å²) >= 11 is 0. The number of hydrogen-bond donors (Lipinski definition) is 3. The van der Waals surface area contributed by atoms with Gasteiger partial charge >= 0.3 is 6.03 Å². The first-order valence-electron chi connectivity index (χ1n) is 8.08. The van der Waals surface area contributed by atoms with Crippen molar-refractivity contribution >= 4 is 17.8 Å². The molecule has 0 atom stereocenters. The molecule has 0 bridgehead atoms. The van der Waals surface area contributed by atoms with E-state index >= 15 is 0 Å². The quantitative estimate of drug-likeness (QED) is 0.483. The zero-order valence-corrected chi connectivity index (χ0v) is 14.9. The number of likely N-dealkylation sites (N-methyl/N-ethyl adjacent to an activating group) is 1. The van der Waals surface area contributed by atoms with Crippen LogP contribution in [0.1, 0.15) is 27.2 Å². The van der Waals surface area contributed by atoms with Gasteiger partial charge in [-0.05, 0) is 13.0 Å². The zero-order chi connectivity index (χ0) is 18.5. The molecule has 7 heteroatoms. The van der Waals surface area contributed by atoms with Crippen LogP contribution in [0.4, 0.5) is 4.79 Å². The summed E-state index contributed by atoms with van der Waals surface area (Å²) in [5.74, 6) is -0.551. The van der Waals surface area contributed by atoms with E-state index in [9.17, 15) is 14.4 Å². The van der Waals surface area contributed by atoms with Gasteiger partial charge in [0.2, 0.25) is 5.91 Å². The van der Waals surface area contributed by atoms with Crippen molar-refractivity contribution in [2.24, 2.45) is 0 Å². The largest absolute Gasteiger partial charge is 0.387 e. The highest BCUT2D eigenvalue weighted by Crippen LogP contribution is 2.05. The summed E-state index contributed by atoms with van der Waals surface area (Å²) < 4.78 is 0. The summed E-state index contributed by atoms with van der Waals surface area (Å²) in [6, 6.07) is -0.421. The number of rotatable bonds is 7. The number of allylic oxidation sites excluding steroid dienone is 2. The van der Waals surface area contributed by atoms with Gasteiger partial charge in [0.15, 0.2) is 0 Å². The lowest BCUT2D eigenvalue weighted by atomic mass is 10.1. The molecule has 7 nitrogen and oxygen atoms in total. The van der Waals surface area contributed by atoms with Gasteiger partial charge in [-0.25, -0.2) is 4.79 Å². The highest BCUT2D eigenvalue weighted by Gasteiger charge is 2.25. The highest BCUT2D eigenvalue weighted by atomic mass is 16.2. The average molecular weight is 336 g/mol. The van der Waals surface area contributed by atoms with Gasteiger partial charge in [0.05, 0.1) is 5.57 Å². The number of carbonyl (C=O) groups is 3. The van der Waals surface area contributed by atoms with Gasteiger partial charge in [-0.2, -0.15) is 0 Å². The van der Waals surface area contributed by atoms with Gasteiger partial charge in [0.25, 0.3) is 5.91 Å². The lowest BCUT2D eigenvalue weighted by molar-refractivity contribution is -0.129. The number of urea groups is 1. The van der Waals surface area contributed by atoms with Crippen LogP contribution in [0.15, 0.2) is 36.1 Å². The third kappa shape index (κ3) is 6.28. The lowest BCUT2D eigenvalue weighted by Crippen LogP contribution is -2.52. The van der Waals surface area contributed by atoms with Gasteiger partial charge in [-0.15, -0.1) is 0 Å². The van der Waals surface area contributed by atoms with Gasteiger partial charge in [-0.1, -0.05) is 32.6 Å². The molecule has 24 heavy (non-hydrogen) atoms. The Morgan fingerprint density at radius 1 is 1.38 bits per heavy atom. The van der Waals surface area contributed by atoms with Crippen LogP contribution in [0.5, 0.6) is 0 Å². The molecule has 4 amide bonds. The maximum absolute atomic E-state index is 12.1. The summed E-state index contributed by atoms with van der Waals surface area (Å²) in [6.45, 7) is 10.2. The maximum atomic E-state index is 12.1. The molecule has 0 aliphatic carbocycles. The van der Waals surface area contributed by atoms with Gasteiger partial charge in [0, 0.05) is 38.8 Å². The molecular formula is C17H28N4O3. The fourth-order valence-electron chi connectivity index (χ4n) is 2.02. The molecule has 1 saturated heterocycles. The van der Waals surface area contributed by atoms with E-state index in [1.54, 1.807) is 19.2 Å². The Morgan fingerprint density at radius 3 is 2.54 bits per heavy atom. The summed E-state index contributed by atoms with van der Waals surface area (Å²) in [5, 5.41) is 8.19. The van der Waals surface area contributed by atoms with E-state index < -0.39 is 6.03 Å². The fourth-order valence-corrected chi connectivity index (χ4v) is 2.02. The molecule has 0 aromatic heterocycles. The van der Waals surface area contributed by atoms with Crippen molar-refractivity contribution in [2.75, 3.05) is 26.7 Å². The van der Waals surface area contributed by atoms with E-state index in [1.807, 2.05) is 20.8 Å². The van der Waals surface area contributed by atoms with Crippen LogP contribution in [0.3, 0.4) is 0 Å². The number of nitrogens with zero attached hydrogens (tertiary/aromatic N) is 1. The standard InChI is InChI=1S/C15H22N4O3.C2H6/c1-4-6-12(16-3)11(5-2)14(21)17-9-10-19-13(20)7-8-18-15(19)22;1-2/h4-6,16H,2,7-10H2,1,3H3,(H,17,21)(H,18,22);1-2H3/b6-4-,12-11-;. The number of carbonyl (C=O) groups excluding carboxylic acids is 3. The van der Waals surface area contributed by atoms with Crippen molar-refractivity contribution < 1.29 is 14.4 Å². The molecule has 0 unspecified atom stereocenters. The van der Waals surface area contributed by atoms with Gasteiger partial charge in [0.1, 0.15) is 0 Å². The van der Waals surface area contributed by atoms with Crippen LogP contribution >= 0.6 is 0 Å². The number of nitrogens with one attached hydrogen (secondary N) is 3. The first kappa shape index (κ1) is 21.4. The van der Waals surface area contributed by atoms with Crippen LogP contribution in [-0.4, -0.2) is 49.4 Å². The van der Waals surface area contributed by atoms with Crippen molar-refractivity contribution in [3.05, 3.63) is 36.1 Å². The summed E-state index contributed by atoms with van der Waals surface area (Å²) in [5.41, 5.74) is 1.04. The van der Waals surface area contributed by atoms with Crippen molar-refractivity contribution in [3.8, 4) is 0 Å². The Balaban J connectivity index is 0.00000254. The topological polar surface area (TPSA) is 90.5 Å². The molecule has 1 fully saturated rings.